The number of hydrogen-bond donors (Lipinski definition) is 1. The van der Waals surface area contributed by atoms with Crippen molar-refractivity contribution in [2.45, 2.75) is 25.0 Å². The van der Waals surface area contributed by atoms with Crippen molar-refractivity contribution >= 4 is 23.7 Å². The van der Waals surface area contributed by atoms with Gasteiger partial charge in [-0.1, -0.05) is 23.7 Å². The van der Waals surface area contributed by atoms with Crippen LogP contribution in [0.15, 0.2) is 29.4 Å². The van der Waals surface area contributed by atoms with Crippen LogP contribution in [0.5, 0.6) is 0 Å². The SMILES string of the molecule is O=CC1NN=C(c2ccccc2Cl)N1C1CC1. The first kappa shape index (κ1) is 10.6. The number of carbonyl (C=O) groups is 1. The zero-order valence-electron chi connectivity index (χ0n) is 9.14. The third-order valence-corrected chi connectivity index (χ3v) is 3.36. The molecule has 1 unspecified atom stereocenters. The van der Waals surface area contributed by atoms with E-state index in [2.05, 4.69) is 10.5 Å². The van der Waals surface area contributed by atoms with Gasteiger partial charge < -0.3 is 4.90 Å². The van der Waals surface area contributed by atoms with Crippen molar-refractivity contribution in [3.63, 3.8) is 0 Å². The minimum Gasteiger partial charge on any atom is -0.324 e. The molecule has 1 atom stereocenters. The molecule has 88 valence electrons. The van der Waals surface area contributed by atoms with Gasteiger partial charge in [-0.15, -0.1) is 0 Å². The van der Waals surface area contributed by atoms with Gasteiger partial charge in [0, 0.05) is 11.6 Å². The van der Waals surface area contributed by atoms with Crippen molar-refractivity contribution in [1.82, 2.24) is 10.3 Å². The Bertz CT molecular complexity index is 484. The fourth-order valence-electron chi connectivity index (χ4n) is 2.07. The number of benzene rings is 1. The van der Waals surface area contributed by atoms with Gasteiger partial charge in [0.05, 0.1) is 5.02 Å². The van der Waals surface area contributed by atoms with Crippen LogP contribution in [0.1, 0.15) is 18.4 Å². The summed E-state index contributed by atoms with van der Waals surface area (Å²) < 4.78 is 0. The summed E-state index contributed by atoms with van der Waals surface area (Å²) in [5.41, 5.74) is 3.71. The standard InChI is InChI=1S/C12H12ClN3O/c13-10-4-2-1-3-9(10)12-15-14-11(7-17)16(12)8-5-6-8/h1-4,7-8,11,14H,5-6H2. The molecule has 1 saturated carbocycles. The van der Waals surface area contributed by atoms with Gasteiger partial charge in [-0.2, -0.15) is 5.10 Å². The summed E-state index contributed by atoms with van der Waals surface area (Å²) in [4.78, 5) is 13.0. The lowest BCUT2D eigenvalue weighted by atomic mass is 10.2. The lowest BCUT2D eigenvalue weighted by Gasteiger charge is -2.23. The van der Waals surface area contributed by atoms with E-state index in [0.29, 0.717) is 11.1 Å². The average Bonchev–Trinajstić information content (AvgIpc) is 3.10. The Hall–Kier alpha value is -1.55. The van der Waals surface area contributed by atoms with Gasteiger partial charge in [0.2, 0.25) is 0 Å². The second kappa shape index (κ2) is 4.04. The van der Waals surface area contributed by atoms with E-state index in [4.69, 9.17) is 11.6 Å². The Morgan fingerprint density at radius 2 is 2.18 bits per heavy atom. The normalized spacial score (nSPS) is 23.2. The van der Waals surface area contributed by atoms with Crippen molar-refractivity contribution in [1.29, 1.82) is 0 Å². The lowest BCUT2D eigenvalue weighted by Crippen LogP contribution is -2.43. The molecule has 0 aromatic heterocycles. The molecule has 4 nitrogen and oxygen atoms in total. The van der Waals surface area contributed by atoms with Crippen LogP contribution in [-0.2, 0) is 4.79 Å². The van der Waals surface area contributed by atoms with Gasteiger partial charge in [0.25, 0.3) is 0 Å². The van der Waals surface area contributed by atoms with Crippen molar-refractivity contribution in [3.05, 3.63) is 34.9 Å². The maximum absolute atomic E-state index is 11.0. The second-order valence-electron chi connectivity index (χ2n) is 4.26. The number of amidine groups is 1. The Morgan fingerprint density at radius 1 is 1.41 bits per heavy atom. The van der Waals surface area contributed by atoms with Crippen LogP contribution < -0.4 is 5.43 Å². The molecule has 1 heterocycles. The summed E-state index contributed by atoms with van der Waals surface area (Å²) in [5.74, 6) is 0.773. The molecule has 1 N–H and O–H groups in total. The van der Waals surface area contributed by atoms with Crippen LogP contribution in [0, 0.1) is 0 Å². The second-order valence-corrected chi connectivity index (χ2v) is 4.67. The molecule has 0 bridgehead atoms. The van der Waals surface area contributed by atoms with Crippen molar-refractivity contribution < 1.29 is 4.79 Å². The molecule has 17 heavy (non-hydrogen) atoms. The number of nitrogens with zero attached hydrogens (tertiary/aromatic N) is 2. The number of hydrogen-bond acceptors (Lipinski definition) is 4. The van der Waals surface area contributed by atoms with E-state index in [1.54, 1.807) is 0 Å². The molecule has 2 aliphatic rings. The van der Waals surface area contributed by atoms with E-state index in [9.17, 15) is 4.79 Å². The summed E-state index contributed by atoms with van der Waals surface area (Å²) in [5, 5.41) is 4.90. The summed E-state index contributed by atoms with van der Waals surface area (Å²) in [6.45, 7) is 0. The largest absolute Gasteiger partial charge is 0.324 e. The minimum atomic E-state index is -0.353. The zero-order valence-corrected chi connectivity index (χ0v) is 9.89. The Labute approximate surface area is 104 Å². The quantitative estimate of drug-likeness (QED) is 0.828. The van der Waals surface area contributed by atoms with E-state index in [0.717, 1.165) is 30.5 Å². The van der Waals surface area contributed by atoms with E-state index in [-0.39, 0.29) is 6.17 Å². The Kier molecular flexibility index (Phi) is 2.52. The molecule has 1 aromatic rings. The van der Waals surface area contributed by atoms with E-state index in [1.165, 1.54) is 0 Å². The lowest BCUT2D eigenvalue weighted by molar-refractivity contribution is -0.111. The highest BCUT2D eigenvalue weighted by atomic mass is 35.5. The number of halogens is 1. The van der Waals surface area contributed by atoms with Crippen LogP contribution >= 0.6 is 11.6 Å². The van der Waals surface area contributed by atoms with Crippen LogP contribution in [0.2, 0.25) is 5.02 Å². The van der Waals surface area contributed by atoms with Crippen molar-refractivity contribution in [2.24, 2.45) is 5.10 Å². The molecule has 0 saturated heterocycles. The predicted molar refractivity (Wildman–Crippen MR) is 65.8 cm³/mol. The summed E-state index contributed by atoms with van der Waals surface area (Å²) >= 11 is 6.16. The van der Waals surface area contributed by atoms with E-state index < -0.39 is 0 Å². The highest BCUT2D eigenvalue weighted by molar-refractivity contribution is 6.34. The summed E-state index contributed by atoms with van der Waals surface area (Å²) in [6.07, 6.45) is 2.74. The van der Waals surface area contributed by atoms with E-state index >= 15 is 0 Å². The minimum absolute atomic E-state index is 0.353. The molecule has 0 spiro atoms. The summed E-state index contributed by atoms with van der Waals surface area (Å²) in [6, 6.07) is 7.97. The molecule has 3 rings (SSSR count). The van der Waals surface area contributed by atoms with Crippen molar-refractivity contribution in [2.75, 3.05) is 0 Å². The third kappa shape index (κ3) is 1.78. The highest BCUT2D eigenvalue weighted by Crippen LogP contribution is 2.32. The van der Waals surface area contributed by atoms with E-state index in [1.807, 2.05) is 29.2 Å². The first-order valence-electron chi connectivity index (χ1n) is 5.63. The third-order valence-electron chi connectivity index (χ3n) is 3.03. The molecule has 0 amide bonds. The Morgan fingerprint density at radius 3 is 2.82 bits per heavy atom. The molecule has 1 aliphatic heterocycles. The highest BCUT2D eigenvalue weighted by Gasteiger charge is 2.40. The summed E-state index contributed by atoms with van der Waals surface area (Å²) in [7, 11) is 0. The van der Waals surface area contributed by atoms with Crippen LogP contribution in [0.3, 0.4) is 0 Å². The molecule has 1 fully saturated rings. The van der Waals surface area contributed by atoms with Gasteiger partial charge in [-0.3, -0.25) is 10.2 Å². The monoisotopic (exact) mass is 249 g/mol. The Balaban J connectivity index is 1.97. The van der Waals surface area contributed by atoms with Crippen LogP contribution in [0.4, 0.5) is 0 Å². The maximum Gasteiger partial charge on any atom is 0.173 e. The van der Waals surface area contributed by atoms with Crippen molar-refractivity contribution in [3.8, 4) is 0 Å². The molecular formula is C12H12ClN3O. The number of nitrogens with one attached hydrogen (secondary N) is 1. The number of rotatable bonds is 3. The van der Waals surface area contributed by atoms with Crippen LogP contribution in [-0.4, -0.2) is 29.2 Å². The molecule has 1 aromatic carbocycles. The predicted octanol–water partition coefficient (Wildman–Crippen LogP) is 1.59. The fraction of sp³-hybridized carbons (Fsp3) is 0.333. The molecular weight excluding hydrogens is 238 g/mol. The topological polar surface area (TPSA) is 44.7 Å². The van der Waals surface area contributed by atoms with Gasteiger partial charge in [0.15, 0.2) is 18.3 Å². The van der Waals surface area contributed by atoms with Gasteiger partial charge in [-0.05, 0) is 25.0 Å². The number of aldehydes is 1. The first-order valence-corrected chi connectivity index (χ1v) is 6.01. The number of hydrazone groups is 1. The fourth-order valence-corrected chi connectivity index (χ4v) is 2.29. The van der Waals surface area contributed by atoms with Gasteiger partial charge in [-0.25, -0.2) is 0 Å². The molecule has 1 aliphatic carbocycles. The van der Waals surface area contributed by atoms with Crippen LogP contribution in [0.25, 0.3) is 0 Å². The first-order chi connectivity index (χ1) is 8.31. The van der Waals surface area contributed by atoms with Gasteiger partial charge >= 0.3 is 0 Å². The molecule has 5 heteroatoms. The number of carbonyl (C=O) groups excluding carboxylic acids is 1. The smallest absolute Gasteiger partial charge is 0.173 e. The molecule has 0 radical (unpaired) electrons. The zero-order chi connectivity index (χ0) is 11.8. The maximum atomic E-state index is 11.0. The average molecular weight is 250 g/mol. The van der Waals surface area contributed by atoms with Gasteiger partial charge in [0.1, 0.15) is 0 Å².